The largest absolute Gasteiger partial charge is 0.349 e. The molecule has 0 aliphatic heterocycles. The van der Waals surface area contributed by atoms with Crippen molar-refractivity contribution in [2.75, 3.05) is 6.54 Å². The lowest BCUT2D eigenvalue weighted by Gasteiger charge is -2.02. The molecule has 0 aromatic carbocycles. The van der Waals surface area contributed by atoms with Gasteiger partial charge in [0.2, 0.25) is 0 Å². The van der Waals surface area contributed by atoms with Gasteiger partial charge in [0.1, 0.15) is 11.6 Å². The van der Waals surface area contributed by atoms with Crippen LogP contribution < -0.4 is 5.32 Å². The van der Waals surface area contributed by atoms with Crippen LogP contribution in [0, 0.1) is 0 Å². The van der Waals surface area contributed by atoms with Gasteiger partial charge in [0.25, 0.3) is 0 Å². The van der Waals surface area contributed by atoms with Crippen LogP contribution in [0.4, 0.5) is 0 Å². The van der Waals surface area contributed by atoms with Crippen LogP contribution in [0.2, 0.25) is 5.15 Å². The van der Waals surface area contributed by atoms with Gasteiger partial charge in [0.15, 0.2) is 5.15 Å². The number of hydrogen-bond acceptors (Lipinski definition) is 3. The standard InChI is InChI=1S/C14H22ClN5/c1-2-3-5-13-19-11(14(15)20-13)10-16-7-4-6-12-17-8-9-18-12/h8-9,16H,2-7,10H2,1H3,(H,17,18)(H,19,20). The average Bonchev–Trinajstić information content (AvgIpc) is 3.06. The molecule has 0 fully saturated rings. The molecule has 2 heterocycles. The second-order valence-electron chi connectivity index (χ2n) is 4.87. The van der Waals surface area contributed by atoms with E-state index >= 15 is 0 Å². The fourth-order valence-electron chi connectivity index (χ4n) is 2.05. The minimum absolute atomic E-state index is 0.592. The van der Waals surface area contributed by atoms with Crippen LogP contribution in [-0.2, 0) is 19.4 Å². The predicted molar refractivity (Wildman–Crippen MR) is 80.8 cm³/mol. The van der Waals surface area contributed by atoms with Gasteiger partial charge < -0.3 is 15.3 Å². The number of hydrogen-bond donors (Lipinski definition) is 3. The summed E-state index contributed by atoms with van der Waals surface area (Å²) in [4.78, 5) is 14.9. The summed E-state index contributed by atoms with van der Waals surface area (Å²) in [5.74, 6) is 2.03. The summed E-state index contributed by atoms with van der Waals surface area (Å²) in [5.41, 5.74) is 0.982. The Bertz CT molecular complexity index is 492. The molecule has 0 amide bonds. The number of imidazole rings is 2. The van der Waals surface area contributed by atoms with Gasteiger partial charge in [0, 0.05) is 31.8 Å². The van der Waals surface area contributed by atoms with Crippen LogP contribution in [0.5, 0.6) is 0 Å². The van der Waals surface area contributed by atoms with E-state index in [1.807, 2.05) is 6.20 Å². The van der Waals surface area contributed by atoms with Crippen molar-refractivity contribution in [3.63, 3.8) is 0 Å². The first-order valence-electron chi connectivity index (χ1n) is 7.21. The van der Waals surface area contributed by atoms with Crippen LogP contribution in [0.15, 0.2) is 12.4 Å². The van der Waals surface area contributed by atoms with Gasteiger partial charge in [0.05, 0.1) is 5.69 Å². The molecule has 0 spiro atoms. The topological polar surface area (TPSA) is 69.4 Å². The number of rotatable bonds is 9. The van der Waals surface area contributed by atoms with Crippen LogP contribution in [0.3, 0.4) is 0 Å². The van der Waals surface area contributed by atoms with Crippen molar-refractivity contribution < 1.29 is 0 Å². The molecule has 2 rings (SSSR count). The summed E-state index contributed by atoms with van der Waals surface area (Å²) in [6.07, 6.45) is 8.91. The van der Waals surface area contributed by atoms with Crippen molar-refractivity contribution in [3.05, 3.63) is 34.9 Å². The third kappa shape index (κ3) is 4.65. The highest BCUT2D eigenvalue weighted by molar-refractivity contribution is 6.30. The smallest absolute Gasteiger partial charge is 0.151 e. The van der Waals surface area contributed by atoms with E-state index in [4.69, 9.17) is 11.6 Å². The number of H-pyrrole nitrogens is 2. The van der Waals surface area contributed by atoms with Crippen molar-refractivity contribution in [2.24, 2.45) is 0 Å². The molecular weight excluding hydrogens is 274 g/mol. The van der Waals surface area contributed by atoms with Gasteiger partial charge in [-0.1, -0.05) is 24.9 Å². The molecule has 0 atom stereocenters. The average molecular weight is 296 g/mol. The second-order valence-corrected chi connectivity index (χ2v) is 5.23. The Hall–Kier alpha value is -1.33. The van der Waals surface area contributed by atoms with Crippen molar-refractivity contribution in [2.45, 2.75) is 45.6 Å². The Labute approximate surface area is 124 Å². The third-order valence-corrected chi connectivity index (χ3v) is 3.48. The summed E-state index contributed by atoms with van der Waals surface area (Å²) in [6, 6.07) is 0. The quantitative estimate of drug-likeness (QED) is 0.623. The van der Waals surface area contributed by atoms with E-state index < -0.39 is 0 Å². The monoisotopic (exact) mass is 295 g/mol. The molecule has 0 saturated carbocycles. The number of aryl methyl sites for hydroxylation is 2. The number of aromatic amines is 2. The molecule has 6 heteroatoms. The van der Waals surface area contributed by atoms with Gasteiger partial charge in [-0.05, 0) is 19.4 Å². The Morgan fingerprint density at radius 2 is 2.10 bits per heavy atom. The number of aromatic nitrogens is 4. The van der Waals surface area contributed by atoms with E-state index in [0.717, 1.165) is 56.1 Å². The minimum Gasteiger partial charge on any atom is -0.349 e. The van der Waals surface area contributed by atoms with E-state index in [1.54, 1.807) is 6.20 Å². The Balaban J connectivity index is 1.67. The molecule has 5 nitrogen and oxygen atoms in total. The molecule has 0 aliphatic carbocycles. The van der Waals surface area contributed by atoms with Gasteiger partial charge in [-0.15, -0.1) is 0 Å². The molecule has 110 valence electrons. The highest BCUT2D eigenvalue weighted by atomic mass is 35.5. The number of nitrogens with zero attached hydrogens (tertiary/aromatic N) is 2. The first kappa shape index (κ1) is 15.1. The molecule has 0 bridgehead atoms. The van der Waals surface area contributed by atoms with Crippen molar-refractivity contribution in [3.8, 4) is 0 Å². The molecule has 2 aromatic heterocycles. The van der Waals surface area contributed by atoms with E-state index in [2.05, 4.69) is 32.2 Å². The van der Waals surface area contributed by atoms with E-state index in [9.17, 15) is 0 Å². The zero-order valence-corrected chi connectivity index (χ0v) is 12.6. The maximum absolute atomic E-state index is 6.12. The zero-order chi connectivity index (χ0) is 14.2. The molecule has 20 heavy (non-hydrogen) atoms. The number of unbranched alkanes of at least 4 members (excludes halogenated alkanes) is 1. The van der Waals surface area contributed by atoms with Crippen molar-refractivity contribution >= 4 is 11.6 Å². The SMILES string of the molecule is CCCCc1nc(Cl)c(CNCCCc2ncc[nH]2)[nH]1. The molecular formula is C14H22ClN5. The molecule has 2 aromatic rings. The fourth-order valence-corrected chi connectivity index (χ4v) is 2.26. The lowest BCUT2D eigenvalue weighted by atomic mass is 10.2. The van der Waals surface area contributed by atoms with Gasteiger partial charge in [-0.25, -0.2) is 9.97 Å². The lowest BCUT2D eigenvalue weighted by Crippen LogP contribution is -2.16. The summed E-state index contributed by atoms with van der Waals surface area (Å²) < 4.78 is 0. The second kappa shape index (κ2) is 8.07. The summed E-state index contributed by atoms with van der Waals surface area (Å²) >= 11 is 6.12. The van der Waals surface area contributed by atoms with E-state index in [0.29, 0.717) is 5.15 Å². The van der Waals surface area contributed by atoms with Crippen molar-refractivity contribution in [1.29, 1.82) is 0 Å². The third-order valence-electron chi connectivity index (χ3n) is 3.17. The lowest BCUT2D eigenvalue weighted by molar-refractivity contribution is 0.633. The number of nitrogens with one attached hydrogen (secondary N) is 3. The van der Waals surface area contributed by atoms with E-state index in [1.165, 1.54) is 6.42 Å². The van der Waals surface area contributed by atoms with Gasteiger partial charge >= 0.3 is 0 Å². The highest BCUT2D eigenvalue weighted by Crippen LogP contribution is 2.13. The van der Waals surface area contributed by atoms with E-state index in [-0.39, 0.29) is 0 Å². The predicted octanol–water partition coefficient (Wildman–Crippen LogP) is 2.85. The van der Waals surface area contributed by atoms with Crippen LogP contribution in [-0.4, -0.2) is 26.5 Å². The Morgan fingerprint density at radius 1 is 1.25 bits per heavy atom. The minimum atomic E-state index is 0.592. The number of halogens is 1. The normalized spacial score (nSPS) is 11.1. The maximum Gasteiger partial charge on any atom is 0.151 e. The molecule has 0 unspecified atom stereocenters. The molecule has 0 radical (unpaired) electrons. The van der Waals surface area contributed by atoms with Crippen molar-refractivity contribution in [1.82, 2.24) is 25.3 Å². The van der Waals surface area contributed by atoms with Crippen LogP contribution in [0.25, 0.3) is 0 Å². The Kier molecular flexibility index (Phi) is 6.08. The first-order valence-corrected chi connectivity index (χ1v) is 7.59. The summed E-state index contributed by atoms with van der Waals surface area (Å²) in [5, 5.41) is 3.97. The van der Waals surface area contributed by atoms with Crippen LogP contribution in [0.1, 0.15) is 43.5 Å². The maximum atomic E-state index is 6.12. The molecule has 0 aliphatic rings. The molecule has 3 N–H and O–H groups in total. The fraction of sp³-hybridized carbons (Fsp3) is 0.571. The Morgan fingerprint density at radius 3 is 2.85 bits per heavy atom. The summed E-state index contributed by atoms with van der Waals surface area (Å²) in [7, 11) is 0. The zero-order valence-electron chi connectivity index (χ0n) is 11.9. The van der Waals surface area contributed by atoms with Gasteiger partial charge in [-0.3, -0.25) is 0 Å². The molecule has 0 saturated heterocycles. The van der Waals surface area contributed by atoms with Gasteiger partial charge in [-0.2, -0.15) is 0 Å². The highest BCUT2D eigenvalue weighted by Gasteiger charge is 2.07. The summed E-state index contributed by atoms with van der Waals surface area (Å²) in [6.45, 7) is 3.84. The first-order chi connectivity index (χ1) is 9.79. The van der Waals surface area contributed by atoms with Crippen LogP contribution >= 0.6 is 11.6 Å².